The Kier molecular flexibility index (Phi) is 3.74. The minimum absolute atomic E-state index is 0.142. The van der Waals surface area contributed by atoms with Gasteiger partial charge in [0.2, 0.25) is 5.91 Å². The first-order valence-electron chi connectivity index (χ1n) is 4.81. The smallest absolute Gasteiger partial charge is 0.224 e. The van der Waals surface area contributed by atoms with Gasteiger partial charge in [-0.3, -0.25) is 4.79 Å². The van der Waals surface area contributed by atoms with Crippen molar-refractivity contribution < 1.29 is 4.79 Å². The number of hydrogen-bond donors (Lipinski definition) is 1. The highest BCUT2D eigenvalue weighted by molar-refractivity contribution is 5.78. The fraction of sp³-hybridized carbons (Fsp3) is 0.545. The van der Waals surface area contributed by atoms with Crippen LogP contribution in [0.2, 0.25) is 0 Å². The Labute approximate surface area is 79.5 Å². The van der Waals surface area contributed by atoms with Gasteiger partial charge >= 0.3 is 0 Å². The standard InChI is InChI=1S/C11H17NO/c1-2-10(11(12)13)8-9-6-4-3-5-7-9/h2-4,9-10H,1,5-8H2,(H2,12,13). The van der Waals surface area contributed by atoms with Gasteiger partial charge in [-0.05, 0) is 31.6 Å². The van der Waals surface area contributed by atoms with Crippen molar-refractivity contribution in [2.75, 3.05) is 0 Å². The molecule has 13 heavy (non-hydrogen) atoms. The summed E-state index contributed by atoms with van der Waals surface area (Å²) in [5.74, 6) is 0.224. The highest BCUT2D eigenvalue weighted by atomic mass is 16.1. The molecule has 0 fully saturated rings. The van der Waals surface area contributed by atoms with Crippen molar-refractivity contribution in [3.8, 4) is 0 Å². The van der Waals surface area contributed by atoms with Crippen LogP contribution in [0.25, 0.3) is 0 Å². The maximum Gasteiger partial charge on any atom is 0.224 e. The van der Waals surface area contributed by atoms with Gasteiger partial charge < -0.3 is 5.73 Å². The predicted octanol–water partition coefficient (Wildman–Crippen LogP) is 2.02. The zero-order valence-electron chi connectivity index (χ0n) is 7.91. The molecule has 0 aromatic heterocycles. The van der Waals surface area contributed by atoms with E-state index in [0.29, 0.717) is 5.92 Å². The van der Waals surface area contributed by atoms with Crippen LogP contribution in [0.1, 0.15) is 25.7 Å². The molecule has 1 amide bonds. The largest absolute Gasteiger partial charge is 0.369 e. The summed E-state index contributed by atoms with van der Waals surface area (Å²) in [7, 11) is 0. The topological polar surface area (TPSA) is 43.1 Å². The number of primary amides is 1. The predicted molar refractivity (Wildman–Crippen MR) is 54.0 cm³/mol. The molecule has 72 valence electrons. The maximum atomic E-state index is 10.9. The van der Waals surface area contributed by atoms with Gasteiger partial charge in [0.25, 0.3) is 0 Å². The third kappa shape index (κ3) is 3.05. The highest BCUT2D eigenvalue weighted by Gasteiger charge is 2.18. The molecule has 2 unspecified atom stereocenters. The molecule has 1 aliphatic carbocycles. The van der Waals surface area contributed by atoms with Crippen molar-refractivity contribution in [2.45, 2.75) is 25.7 Å². The fourth-order valence-corrected chi connectivity index (χ4v) is 1.76. The van der Waals surface area contributed by atoms with E-state index in [9.17, 15) is 4.79 Å². The summed E-state index contributed by atoms with van der Waals surface area (Å²) in [6.07, 6.45) is 10.3. The monoisotopic (exact) mass is 179 g/mol. The number of nitrogens with two attached hydrogens (primary N) is 1. The molecule has 0 aliphatic heterocycles. The zero-order chi connectivity index (χ0) is 9.68. The van der Waals surface area contributed by atoms with Gasteiger partial charge in [-0.25, -0.2) is 0 Å². The second-order valence-corrected chi connectivity index (χ2v) is 3.63. The van der Waals surface area contributed by atoms with E-state index >= 15 is 0 Å². The maximum absolute atomic E-state index is 10.9. The molecule has 0 spiro atoms. The molecule has 2 heteroatoms. The van der Waals surface area contributed by atoms with E-state index in [-0.39, 0.29) is 11.8 Å². The molecule has 0 radical (unpaired) electrons. The second-order valence-electron chi connectivity index (χ2n) is 3.63. The van der Waals surface area contributed by atoms with Crippen molar-refractivity contribution in [2.24, 2.45) is 17.6 Å². The molecule has 1 rings (SSSR count). The molecule has 0 aromatic rings. The van der Waals surface area contributed by atoms with Crippen molar-refractivity contribution in [3.05, 3.63) is 24.8 Å². The summed E-state index contributed by atoms with van der Waals surface area (Å²) in [4.78, 5) is 10.9. The third-order valence-electron chi connectivity index (χ3n) is 2.61. The number of carbonyl (C=O) groups is 1. The molecule has 0 heterocycles. The average Bonchev–Trinajstić information content (AvgIpc) is 2.15. The van der Waals surface area contributed by atoms with E-state index in [1.165, 1.54) is 6.42 Å². The van der Waals surface area contributed by atoms with Gasteiger partial charge in [-0.2, -0.15) is 0 Å². The normalized spacial score (nSPS) is 23.8. The van der Waals surface area contributed by atoms with Crippen LogP contribution in [0.3, 0.4) is 0 Å². The number of allylic oxidation sites excluding steroid dienone is 2. The number of amides is 1. The van der Waals surface area contributed by atoms with Crippen LogP contribution in [0.5, 0.6) is 0 Å². The van der Waals surface area contributed by atoms with Crippen molar-refractivity contribution in [1.29, 1.82) is 0 Å². The number of carbonyl (C=O) groups excluding carboxylic acids is 1. The van der Waals surface area contributed by atoms with Gasteiger partial charge in [0.05, 0.1) is 5.92 Å². The van der Waals surface area contributed by atoms with Crippen LogP contribution in [0.15, 0.2) is 24.8 Å². The van der Waals surface area contributed by atoms with E-state index in [0.717, 1.165) is 19.3 Å². The molecule has 0 saturated heterocycles. The summed E-state index contributed by atoms with van der Waals surface area (Å²) in [5.41, 5.74) is 5.24. The van der Waals surface area contributed by atoms with Crippen LogP contribution < -0.4 is 5.73 Å². The van der Waals surface area contributed by atoms with E-state index in [4.69, 9.17) is 5.73 Å². The molecule has 2 N–H and O–H groups in total. The molecule has 2 atom stereocenters. The first kappa shape index (κ1) is 10.0. The minimum atomic E-state index is -0.246. The Bertz CT molecular complexity index is 220. The highest BCUT2D eigenvalue weighted by Crippen LogP contribution is 2.25. The van der Waals surface area contributed by atoms with Gasteiger partial charge in [0.1, 0.15) is 0 Å². The summed E-state index contributed by atoms with van der Waals surface area (Å²) >= 11 is 0. The van der Waals surface area contributed by atoms with Crippen LogP contribution >= 0.6 is 0 Å². The van der Waals surface area contributed by atoms with E-state index < -0.39 is 0 Å². The van der Waals surface area contributed by atoms with Crippen LogP contribution in [0, 0.1) is 11.8 Å². The van der Waals surface area contributed by atoms with Gasteiger partial charge in [0, 0.05) is 0 Å². The third-order valence-corrected chi connectivity index (χ3v) is 2.61. The molecule has 1 aliphatic rings. The second kappa shape index (κ2) is 4.85. The molecular weight excluding hydrogens is 162 g/mol. The van der Waals surface area contributed by atoms with Crippen LogP contribution in [0.4, 0.5) is 0 Å². The summed E-state index contributed by atoms with van der Waals surface area (Å²) in [6, 6.07) is 0. The Morgan fingerprint density at radius 3 is 2.92 bits per heavy atom. The SMILES string of the molecule is C=CC(CC1CC=CCC1)C(N)=O. The fourth-order valence-electron chi connectivity index (χ4n) is 1.76. The van der Waals surface area contributed by atoms with Gasteiger partial charge in [-0.1, -0.05) is 18.2 Å². The molecular formula is C11H17NO. The number of hydrogen-bond acceptors (Lipinski definition) is 1. The molecule has 0 saturated carbocycles. The van der Waals surface area contributed by atoms with Crippen molar-refractivity contribution >= 4 is 5.91 Å². The Hall–Kier alpha value is -1.05. The lowest BCUT2D eigenvalue weighted by Gasteiger charge is -2.20. The van der Waals surface area contributed by atoms with E-state index in [2.05, 4.69) is 18.7 Å². The summed E-state index contributed by atoms with van der Waals surface area (Å²) in [6.45, 7) is 3.63. The van der Waals surface area contributed by atoms with E-state index in [1.54, 1.807) is 6.08 Å². The Morgan fingerprint density at radius 1 is 1.69 bits per heavy atom. The lowest BCUT2D eigenvalue weighted by atomic mass is 9.85. The van der Waals surface area contributed by atoms with Gasteiger partial charge in [0.15, 0.2) is 0 Å². The van der Waals surface area contributed by atoms with E-state index in [1.807, 2.05) is 0 Å². The Morgan fingerprint density at radius 2 is 2.46 bits per heavy atom. The lowest BCUT2D eigenvalue weighted by molar-refractivity contribution is -0.120. The Balaban J connectivity index is 2.41. The molecule has 2 nitrogen and oxygen atoms in total. The minimum Gasteiger partial charge on any atom is -0.369 e. The number of rotatable bonds is 4. The first-order valence-corrected chi connectivity index (χ1v) is 4.81. The molecule has 0 aromatic carbocycles. The summed E-state index contributed by atoms with van der Waals surface area (Å²) in [5, 5.41) is 0. The quantitative estimate of drug-likeness (QED) is 0.659. The lowest BCUT2D eigenvalue weighted by Crippen LogP contribution is -2.24. The average molecular weight is 179 g/mol. The van der Waals surface area contributed by atoms with Gasteiger partial charge in [-0.15, -0.1) is 6.58 Å². The first-order chi connectivity index (χ1) is 6.24. The van der Waals surface area contributed by atoms with Crippen LogP contribution in [-0.2, 0) is 4.79 Å². The summed E-state index contributed by atoms with van der Waals surface area (Å²) < 4.78 is 0. The van der Waals surface area contributed by atoms with Crippen molar-refractivity contribution in [3.63, 3.8) is 0 Å². The molecule has 0 bridgehead atoms. The zero-order valence-corrected chi connectivity index (χ0v) is 7.91. The van der Waals surface area contributed by atoms with Crippen molar-refractivity contribution in [1.82, 2.24) is 0 Å². The van der Waals surface area contributed by atoms with Crippen LogP contribution in [-0.4, -0.2) is 5.91 Å².